The zero-order valence-corrected chi connectivity index (χ0v) is 15.9. The summed E-state index contributed by atoms with van der Waals surface area (Å²) in [5.74, 6) is 0.669. The Balaban J connectivity index is 1.93. The lowest BCUT2D eigenvalue weighted by atomic mass is 10.0. The maximum atomic E-state index is 12.8. The van der Waals surface area contributed by atoms with Gasteiger partial charge in [-0.1, -0.05) is 28.9 Å². The number of aryl methyl sites for hydroxylation is 3. The SMILES string of the molecule is Cc1nc(C[C@H](NC(=O)c2c(C)noc2C)c2ccc(Cl)cc2)cc(=O)[nH]1. The Morgan fingerprint density at radius 2 is 1.96 bits per heavy atom. The van der Waals surface area contributed by atoms with Gasteiger partial charge in [0.15, 0.2) is 0 Å². The number of carbonyl (C=O) groups is 1. The summed E-state index contributed by atoms with van der Waals surface area (Å²) in [6.45, 7) is 5.11. The molecule has 1 atom stereocenters. The molecule has 0 aliphatic heterocycles. The molecule has 27 heavy (non-hydrogen) atoms. The highest BCUT2D eigenvalue weighted by Crippen LogP contribution is 2.21. The second-order valence-corrected chi connectivity index (χ2v) is 6.74. The van der Waals surface area contributed by atoms with Crippen LogP contribution in [0.2, 0.25) is 5.02 Å². The molecule has 0 fully saturated rings. The smallest absolute Gasteiger partial charge is 0.257 e. The van der Waals surface area contributed by atoms with Gasteiger partial charge < -0.3 is 14.8 Å². The van der Waals surface area contributed by atoms with Gasteiger partial charge in [0.25, 0.3) is 11.5 Å². The lowest BCUT2D eigenvalue weighted by molar-refractivity contribution is 0.0934. The molecule has 3 aromatic rings. The maximum absolute atomic E-state index is 12.8. The zero-order chi connectivity index (χ0) is 19.6. The lowest BCUT2D eigenvalue weighted by Crippen LogP contribution is -2.31. The van der Waals surface area contributed by atoms with Crippen molar-refractivity contribution in [3.8, 4) is 0 Å². The Hall–Kier alpha value is -2.93. The molecule has 0 saturated carbocycles. The average molecular weight is 387 g/mol. The zero-order valence-electron chi connectivity index (χ0n) is 15.2. The van der Waals surface area contributed by atoms with Gasteiger partial charge in [-0.3, -0.25) is 9.59 Å². The van der Waals surface area contributed by atoms with E-state index in [0.29, 0.717) is 40.0 Å². The number of amides is 1. The van der Waals surface area contributed by atoms with Crippen molar-refractivity contribution < 1.29 is 9.32 Å². The highest BCUT2D eigenvalue weighted by molar-refractivity contribution is 6.30. The standard InChI is InChI=1S/C19H19ClN4O3/c1-10-18(11(2)27-24-10)19(26)23-16(13-4-6-14(20)7-5-13)8-15-9-17(25)22-12(3)21-15/h4-7,9,16H,8H2,1-3H3,(H,23,26)(H,21,22,25)/t16-/m0/s1. The van der Waals surface area contributed by atoms with E-state index in [0.717, 1.165) is 5.56 Å². The first-order valence-electron chi connectivity index (χ1n) is 8.39. The first kappa shape index (κ1) is 18.8. The summed E-state index contributed by atoms with van der Waals surface area (Å²) in [6, 6.07) is 8.20. The largest absolute Gasteiger partial charge is 0.361 e. The normalized spacial score (nSPS) is 12.0. The van der Waals surface area contributed by atoms with Gasteiger partial charge in [0.2, 0.25) is 0 Å². The third-order valence-corrected chi connectivity index (χ3v) is 4.42. The number of hydrogen-bond donors (Lipinski definition) is 2. The molecule has 0 spiro atoms. The number of carbonyl (C=O) groups excluding carboxylic acids is 1. The molecule has 0 saturated heterocycles. The molecule has 8 heteroatoms. The predicted octanol–water partition coefficient (Wildman–Crippen LogP) is 3.05. The van der Waals surface area contributed by atoms with Gasteiger partial charge in [0, 0.05) is 17.5 Å². The molecule has 2 heterocycles. The number of halogens is 1. The minimum absolute atomic E-state index is 0.232. The fraction of sp³-hybridized carbons (Fsp3) is 0.263. The quantitative estimate of drug-likeness (QED) is 0.701. The van der Waals surface area contributed by atoms with Crippen molar-refractivity contribution in [3.05, 3.63) is 79.8 Å². The van der Waals surface area contributed by atoms with Gasteiger partial charge >= 0.3 is 0 Å². The van der Waals surface area contributed by atoms with Crippen LogP contribution in [-0.4, -0.2) is 21.0 Å². The number of rotatable bonds is 5. The summed E-state index contributed by atoms with van der Waals surface area (Å²) in [4.78, 5) is 31.5. The van der Waals surface area contributed by atoms with Crippen LogP contribution in [0.1, 0.15) is 44.9 Å². The van der Waals surface area contributed by atoms with E-state index in [4.69, 9.17) is 16.1 Å². The summed E-state index contributed by atoms with van der Waals surface area (Å²) in [7, 11) is 0. The van der Waals surface area contributed by atoms with Crippen LogP contribution in [0.5, 0.6) is 0 Å². The summed E-state index contributed by atoms with van der Waals surface area (Å²) < 4.78 is 5.08. The summed E-state index contributed by atoms with van der Waals surface area (Å²) in [5.41, 5.74) is 2.12. The van der Waals surface area contributed by atoms with Crippen LogP contribution in [0.25, 0.3) is 0 Å². The van der Waals surface area contributed by atoms with Crippen LogP contribution in [0, 0.1) is 20.8 Å². The molecule has 0 radical (unpaired) electrons. The van der Waals surface area contributed by atoms with Gasteiger partial charge in [-0.25, -0.2) is 4.98 Å². The number of benzene rings is 1. The third-order valence-electron chi connectivity index (χ3n) is 4.16. The molecule has 0 aliphatic carbocycles. The van der Waals surface area contributed by atoms with Crippen LogP contribution in [-0.2, 0) is 6.42 Å². The van der Waals surface area contributed by atoms with Crippen molar-refractivity contribution in [1.82, 2.24) is 20.4 Å². The number of nitrogens with one attached hydrogen (secondary N) is 2. The fourth-order valence-corrected chi connectivity index (χ4v) is 3.07. The van der Waals surface area contributed by atoms with Crippen molar-refractivity contribution in [3.63, 3.8) is 0 Å². The van der Waals surface area contributed by atoms with Crippen LogP contribution in [0.15, 0.2) is 39.6 Å². The monoisotopic (exact) mass is 386 g/mol. The first-order valence-corrected chi connectivity index (χ1v) is 8.77. The third kappa shape index (κ3) is 4.43. The molecule has 1 amide bonds. The average Bonchev–Trinajstić information content (AvgIpc) is 2.92. The summed E-state index contributed by atoms with van der Waals surface area (Å²) in [6.07, 6.45) is 0.349. The molecule has 2 N–H and O–H groups in total. The van der Waals surface area contributed by atoms with E-state index in [9.17, 15) is 9.59 Å². The molecule has 2 aromatic heterocycles. The predicted molar refractivity (Wildman–Crippen MR) is 101 cm³/mol. The van der Waals surface area contributed by atoms with Crippen LogP contribution < -0.4 is 10.9 Å². The molecule has 0 unspecified atom stereocenters. The number of aromatic amines is 1. The molecule has 3 rings (SSSR count). The van der Waals surface area contributed by atoms with E-state index >= 15 is 0 Å². The van der Waals surface area contributed by atoms with Gasteiger partial charge in [0.05, 0.1) is 17.4 Å². The summed E-state index contributed by atoms with van der Waals surface area (Å²) in [5, 5.41) is 7.41. The van der Waals surface area contributed by atoms with E-state index in [-0.39, 0.29) is 11.5 Å². The Morgan fingerprint density at radius 3 is 2.56 bits per heavy atom. The van der Waals surface area contributed by atoms with E-state index in [1.165, 1.54) is 6.07 Å². The van der Waals surface area contributed by atoms with Gasteiger partial charge in [-0.05, 0) is 38.5 Å². The minimum atomic E-state index is -0.405. The van der Waals surface area contributed by atoms with Crippen LogP contribution >= 0.6 is 11.6 Å². The number of nitrogens with zero attached hydrogens (tertiary/aromatic N) is 2. The Morgan fingerprint density at radius 1 is 1.26 bits per heavy atom. The van der Waals surface area contributed by atoms with Crippen molar-refractivity contribution in [2.45, 2.75) is 33.2 Å². The van der Waals surface area contributed by atoms with E-state index in [1.54, 1.807) is 32.9 Å². The van der Waals surface area contributed by atoms with Gasteiger partial charge in [-0.15, -0.1) is 0 Å². The van der Waals surface area contributed by atoms with Crippen molar-refractivity contribution in [2.24, 2.45) is 0 Å². The molecule has 140 valence electrons. The van der Waals surface area contributed by atoms with Crippen LogP contribution in [0.3, 0.4) is 0 Å². The molecular formula is C19H19ClN4O3. The van der Waals surface area contributed by atoms with E-state index in [2.05, 4.69) is 20.4 Å². The topological polar surface area (TPSA) is 101 Å². The molecule has 0 aliphatic rings. The number of H-pyrrole nitrogens is 1. The maximum Gasteiger partial charge on any atom is 0.257 e. The first-order chi connectivity index (χ1) is 12.8. The molecular weight excluding hydrogens is 368 g/mol. The second kappa shape index (κ2) is 7.75. The van der Waals surface area contributed by atoms with Crippen molar-refractivity contribution in [1.29, 1.82) is 0 Å². The highest BCUT2D eigenvalue weighted by Gasteiger charge is 2.22. The molecule has 7 nitrogen and oxygen atoms in total. The Kier molecular flexibility index (Phi) is 5.41. The van der Waals surface area contributed by atoms with Gasteiger partial charge in [0.1, 0.15) is 17.1 Å². The summed E-state index contributed by atoms with van der Waals surface area (Å²) >= 11 is 5.98. The van der Waals surface area contributed by atoms with E-state index < -0.39 is 6.04 Å². The van der Waals surface area contributed by atoms with Crippen molar-refractivity contribution in [2.75, 3.05) is 0 Å². The Labute approximate surface area is 160 Å². The van der Waals surface area contributed by atoms with Gasteiger partial charge in [-0.2, -0.15) is 0 Å². The minimum Gasteiger partial charge on any atom is -0.361 e. The van der Waals surface area contributed by atoms with Crippen molar-refractivity contribution >= 4 is 17.5 Å². The van der Waals surface area contributed by atoms with E-state index in [1.807, 2.05) is 12.1 Å². The molecule has 1 aromatic carbocycles. The number of hydrogen-bond acceptors (Lipinski definition) is 5. The molecule has 0 bridgehead atoms. The number of aromatic nitrogens is 3. The second-order valence-electron chi connectivity index (χ2n) is 6.30. The Bertz CT molecular complexity index is 1000. The van der Waals surface area contributed by atoms with Crippen LogP contribution in [0.4, 0.5) is 0 Å². The highest BCUT2D eigenvalue weighted by atomic mass is 35.5. The fourth-order valence-electron chi connectivity index (χ4n) is 2.94. The lowest BCUT2D eigenvalue weighted by Gasteiger charge is -2.19.